The second kappa shape index (κ2) is 7.38. The Bertz CT molecular complexity index is 691. The van der Waals surface area contributed by atoms with Crippen LogP contribution < -0.4 is 10.2 Å². The summed E-state index contributed by atoms with van der Waals surface area (Å²) in [7, 11) is 0. The fraction of sp³-hybridized carbons (Fsp3) is 0.579. The van der Waals surface area contributed by atoms with Gasteiger partial charge in [-0.15, -0.1) is 0 Å². The maximum atomic E-state index is 13.6. The average Bonchev–Trinajstić information content (AvgIpc) is 2.82. The van der Waals surface area contributed by atoms with Crippen LogP contribution in [0.5, 0.6) is 0 Å². The van der Waals surface area contributed by atoms with Crippen molar-refractivity contribution in [2.24, 2.45) is 0 Å². The number of aryl methyl sites for hydroxylation is 1. The standard InChI is InChI=1S/C19H23F2N3O/c20-15-10-14-6-5-9-24(17(14)11-16(15)21)12-18(25)23-19(13-22)7-3-1-2-4-8-19/h10-11H,1-9,12H2,(H,23,25). The van der Waals surface area contributed by atoms with E-state index in [1.807, 2.05) is 0 Å². The third kappa shape index (κ3) is 3.92. The van der Waals surface area contributed by atoms with Crippen molar-refractivity contribution in [3.63, 3.8) is 0 Å². The van der Waals surface area contributed by atoms with E-state index in [-0.39, 0.29) is 12.5 Å². The summed E-state index contributed by atoms with van der Waals surface area (Å²) >= 11 is 0. The molecule has 0 unspecified atom stereocenters. The van der Waals surface area contributed by atoms with Crippen LogP contribution in [0, 0.1) is 23.0 Å². The SMILES string of the molecule is N#CC1(NC(=O)CN2CCCc3cc(F)c(F)cc32)CCCCCC1. The van der Waals surface area contributed by atoms with Gasteiger partial charge in [0, 0.05) is 18.3 Å². The van der Waals surface area contributed by atoms with Crippen LogP contribution >= 0.6 is 0 Å². The van der Waals surface area contributed by atoms with Gasteiger partial charge in [0.05, 0.1) is 12.6 Å². The van der Waals surface area contributed by atoms with Crippen molar-refractivity contribution in [3.8, 4) is 6.07 Å². The Morgan fingerprint density at radius 1 is 1.16 bits per heavy atom. The molecule has 4 nitrogen and oxygen atoms in total. The minimum absolute atomic E-state index is 0.0570. The Morgan fingerprint density at radius 2 is 1.84 bits per heavy atom. The van der Waals surface area contributed by atoms with E-state index in [9.17, 15) is 18.8 Å². The molecule has 1 saturated carbocycles. The van der Waals surface area contributed by atoms with Crippen LogP contribution in [-0.2, 0) is 11.2 Å². The molecular weight excluding hydrogens is 324 g/mol. The summed E-state index contributed by atoms with van der Waals surface area (Å²) in [5, 5.41) is 12.5. The quantitative estimate of drug-likeness (QED) is 0.852. The molecule has 0 aromatic heterocycles. The van der Waals surface area contributed by atoms with Gasteiger partial charge >= 0.3 is 0 Å². The maximum Gasteiger partial charge on any atom is 0.240 e. The molecule has 1 aliphatic heterocycles. The first-order chi connectivity index (χ1) is 12.0. The van der Waals surface area contributed by atoms with Crippen LogP contribution in [0.15, 0.2) is 12.1 Å². The molecule has 1 aromatic carbocycles. The third-order valence-corrected chi connectivity index (χ3v) is 5.22. The van der Waals surface area contributed by atoms with Crippen molar-refractivity contribution in [3.05, 3.63) is 29.3 Å². The predicted octanol–water partition coefficient (Wildman–Crippen LogP) is 3.45. The number of amides is 1. The number of hydrogen-bond donors (Lipinski definition) is 1. The number of halogens is 2. The number of nitriles is 1. The van der Waals surface area contributed by atoms with Crippen molar-refractivity contribution in [2.45, 2.75) is 56.9 Å². The molecule has 1 heterocycles. The van der Waals surface area contributed by atoms with Crippen molar-refractivity contribution in [1.29, 1.82) is 5.26 Å². The minimum Gasteiger partial charge on any atom is -0.362 e. The third-order valence-electron chi connectivity index (χ3n) is 5.22. The first-order valence-electron chi connectivity index (χ1n) is 8.98. The molecular formula is C19H23F2N3O. The molecule has 0 radical (unpaired) electrons. The molecule has 1 N–H and O–H groups in total. The maximum absolute atomic E-state index is 13.6. The van der Waals surface area contributed by atoms with Crippen molar-refractivity contribution >= 4 is 11.6 Å². The molecule has 3 rings (SSSR count). The van der Waals surface area contributed by atoms with E-state index in [1.54, 1.807) is 4.90 Å². The molecule has 6 heteroatoms. The van der Waals surface area contributed by atoms with Gasteiger partial charge < -0.3 is 10.2 Å². The van der Waals surface area contributed by atoms with Gasteiger partial charge in [-0.1, -0.05) is 25.7 Å². The molecule has 1 aliphatic carbocycles. The first kappa shape index (κ1) is 17.7. The van der Waals surface area contributed by atoms with E-state index in [1.165, 1.54) is 12.1 Å². The smallest absolute Gasteiger partial charge is 0.240 e. The highest BCUT2D eigenvalue weighted by atomic mass is 19.2. The Hall–Kier alpha value is -2.16. The molecule has 1 aromatic rings. The largest absolute Gasteiger partial charge is 0.362 e. The highest BCUT2D eigenvalue weighted by Crippen LogP contribution is 2.30. The normalized spacial score (nSPS) is 19.5. The lowest BCUT2D eigenvalue weighted by molar-refractivity contribution is -0.121. The number of carbonyl (C=O) groups excluding carboxylic acids is 1. The Kier molecular flexibility index (Phi) is 5.22. The second-order valence-corrected chi connectivity index (χ2v) is 7.08. The Labute approximate surface area is 146 Å². The molecule has 1 fully saturated rings. The lowest BCUT2D eigenvalue weighted by Crippen LogP contribution is -2.51. The molecule has 1 amide bonds. The molecule has 0 saturated heterocycles. The van der Waals surface area contributed by atoms with Crippen molar-refractivity contribution < 1.29 is 13.6 Å². The number of hydrogen-bond acceptors (Lipinski definition) is 3. The zero-order valence-electron chi connectivity index (χ0n) is 14.3. The van der Waals surface area contributed by atoms with Gasteiger partial charge in [0.2, 0.25) is 5.91 Å². The minimum atomic E-state index is -0.900. The molecule has 0 atom stereocenters. The predicted molar refractivity (Wildman–Crippen MR) is 91.1 cm³/mol. The van der Waals surface area contributed by atoms with Crippen LogP contribution in [-0.4, -0.2) is 24.5 Å². The number of benzene rings is 1. The fourth-order valence-electron chi connectivity index (χ4n) is 3.89. The zero-order valence-corrected chi connectivity index (χ0v) is 14.3. The highest BCUT2D eigenvalue weighted by Gasteiger charge is 2.33. The van der Waals surface area contributed by atoms with Gasteiger partial charge in [0.25, 0.3) is 0 Å². The molecule has 0 spiro atoms. The lowest BCUT2D eigenvalue weighted by atomic mass is 9.92. The van der Waals surface area contributed by atoms with Gasteiger partial charge in [-0.05, 0) is 37.3 Å². The van der Waals surface area contributed by atoms with E-state index in [0.717, 1.165) is 37.7 Å². The van der Waals surface area contributed by atoms with E-state index >= 15 is 0 Å². The van der Waals surface area contributed by atoms with Gasteiger partial charge in [-0.25, -0.2) is 8.78 Å². The van der Waals surface area contributed by atoms with E-state index in [0.29, 0.717) is 31.5 Å². The number of rotatable bonds is 3. The number of nitrogens with zero attached hydrogens (tertiary/aromatic N) is 2. The van der Waals surface area contributed by atoms with Crippen LogP contribution in [0.3, 0.4) is 0 Å². The van der Waals surface area contributed by atoms with Gasteiger partial charge in [-0.2, -0.15) is 5.26 Å². The summed E-state index contributed by atoms with van der Waals surface area (Å²) in [6.07, 6.45) is 6.85. The summed E-state index contributed by atoms with van der Waals surface area (Å²) in [6.45, 7) is 0.673. The Balaban J connectivity index is 1.72. The number of anilines is 1. The van der Waals surface area contributed by atoms with E-state index in [4.69, 9.17) is 0 Å². The monoisotopic (exact) mass is 347 g/mol. The topological polar surface area (TPSA) is 56.1 Å². The Morgan fingerprint density at radius 3 is 2.52 bits per heavy atom. The van der Waals surface area contributed by atoms with E-state index in [2.05, 4.69) is 11.4 Å². The summed E-state index contributed by atoms with van der Waals surface area (Å²) in [5.74, 6) is -1.99. The lowest BCUT2D eigenvalue weighted by Gasteiger charge is -2.33. The molecule has 25 heavy (non-hydrogen) atoms. The average molecular weight is 347 g/mol. The van der Waals surface area contributed by atoms with Crippen LogP contribution in [0.4, 0.5) is 14.5 Å². The molecule has 0 bridgehead atoms. The number of nitrogens with one attached hydrogen (secondary N) is 1. The van der Waals surface area contributed by atoms with Crippen molar-refractivity contribution in [1.82, 2.24) is 5.32 Å². The summed E-state index contributed by atoms with van der Waals surface area (Å²) in [5.41, 5.74) is 0.509. The van der Waals surface area contributed by atoms with Gasteiger partial charge in [-0.3, -0.25) is 4.79 Å². The fourth-order valence-corrected chi connectivity index (χ4v) is 3.89. The highest BCUT2D eigenvalue weighted by molar-refractivity contribution is 5.83. The second-order valence-electron chi connectivity index (χ2n) is 7.08. The van der Waals surface area contributed by atoms with Crippen LogP contribution in [0.1, 0.15) is 50.5 Å². The van der Waals surface area contributed by atoms with E-state index < -0.39 is 17.2 Å². The van der Waals surface area contributed by atoms with Crippen LogP contribution in [0.2, 0.25) is 0 Å². The molecule has 134 valence electrons. The van der Waals surface area contributed by atoms with Crippen LogP contribution in [0.25, 0.3) is 0 Å². The number of carbonyl (C=O) groups is 1. The first-order valence-corrected chi connectivity index (χ1v) is 8.98. The summed E-state index contributed by atoms with van der Waals surface area (Å²) in [6, 6.07) is 4.69. The summed E-state index contributed by atoms with van der Waals surface area (Å²) in [4.78, 5) is 14.3. The van der Waals surface area contributed by atoms with Gasteiger partial charge in [0.1, 0.15) is 5.54 Å². The zero-order chi connectivity index (χ0) is 17.9. The number of fused-ring (bicyclic) bond motifs is 1. The summed E-state index contributed by atoms with van der Waals surface area (Å²) < 4.78 is 27.0. The van der Waals surface area contributed by atoms with Crippen molar-refractivity contribution in [2.75, 3.05) is 18.0 Å². The molecule has 2 aliphatic rings. The van der Waals surface area contributed by atoms with Gasteiger partial charge in [0.15, 0.2) is 11.6 Å².